The van der Waals surface area contributed by atoms with Crippen LogP contribution in [0.1, 0.15) is 20.8 Å². The molecule has 2 heterocycles. The molecule has 0 saturated carbocycles. The molecular formula is C15H29N3O3. The van der Waals surface area contributed by atoms with Gasteiger partial charge in [0.2, 0.25) is 0 Å². The van der Waals surface area contributed by atoms with Crippen molar-refractivity contribution >= 4 is 6.09 Å². The summed E-state index contributed by atoms with van der Waals surface area (Å²) in [5.74, 6) is 0. The Balaban J connectivity index is 1.61. The first kappa shape index (κ1) is 16.5. The van der Waals surface area contributed by atoms with Gasteiger partial charge in [0.1, 0.15) is 5.60 Å². The first-order valence-electron chi connectivity index (χ1n) is 7.83. The zero-order valence-electron chi connectivity index (χ0n) is 13.8. The molecule has 0 bridgehead atoms. The Morgan fingerprint density at radius 1 is 1.05 bits per heavy atom. The second-order valence-electron chi connectivity index (χ2n) is 6.93. The molecule has 6 nitrogen and oxygen atoms in total. The molecule has 0 aliphatic carbocycles. The SMILES string of the molecule is COC1CN(CCN2CCN(C(=O)OC(C)(C)C)CC2)C1. The van der Waals surface area contributed by atoms with Crippen LogP contribution in [0.3, 0.4) is 0 Å². The zero-order chi connectivity index (χ0) is 15.5. The molecule has 2 saturated heterocycles. The highest BCUT2D eigenvalue weighted by Gasteiger charge is 2.28. The average Bonchev–Trinajstić information content (AvgIpc) is 2.36. The molecule has 0 spiro atoms. The van der Waals surface area contributed by atoms with Gasteiger partial charge in [-0.25, -0.2) is 4.79 Å². The van der Waals surface area contributed by atoms with Crippen molar-refractivity contribution in [1.29, 1.82) is 0 Å². The van der Waals surface area contributed by atoms with Gasteiger partial charge in [-0.1, -0.05) is 0 Å². The Morgan fingerprint density at radius 2 is 1.62 bits per heavy atom. The summed E-state index contributed by atoms with van der Waals surface area (Å²) in [6.45, 7) is 13.4. The molecular weight excluding hydrogens is 270 g/mol. The van der Waals surface area contributed by atoms with Crippen molar-refractivity contribution in [2.45, 2.75) is 32.5 Å². The van der Waals surface area contributed by atoms with Crippen LogP contribution in [0.15, 0.2) is 0 Å². The van der Waals surface area contributed by atoms with Crippen molar-refractivity contribution in [2.75, 3.05) is 59.5 Å². The van der Waals surface area contributed by atoms with Gasteiger partial charge in [0.25, 0.3) is 0 Å². The van der Waals surface area contributed by atoms with E-state index in [1.807, 2.05) is 25.7 Å². The second-order valence-corrected chi connectivity index (χ2v) is 6.93. The third-order valence-electron chi connectivity index (χ3n) is 4.01. The molecule has 0 atom stereocenters. The lowest BCUT2D eigenvalue weighted by Gasteiger charge is -2.40. The summed E-state index contributed by atoms with van der Waals surface area (Å²) in [5.41, 5.74) is -0.413. The molecule has 0 aromatic rings. The summed E-state index contributed by atoms with van der Waals surface area (Å²) in [6.07, 6.45) is 0.238. The van der Waals surface area contributed by atoms with Crippen molar-refractivity contribution in [3.05, 3.63) is 0 Å². The highest BCUT2D eigenvalue weighted by molar-refractivity contribution is 5.68. The third-order valence-corrected chi connectivity index (χ3v) is 4.01. The summed E-state index contributed by atoms with van der Waals surface area (Å²) in [6, 6.07) is 0. The summed E-state index contributed by atoms with van der Waals surface area (Å²) < 4.78 is 10.7. The van der Waals surface area contributed by atoms with Crippen molar-refractivity contribution in [2.24, 2.45) is 0 Å². The standard InChI is InChI=1S/C15H29N3O3/c1-15(2,3)21-14(19)18-9-7-16(8-10-18)5-6-17-11-13(12-17)20-4/h13H,5-12H2,1-4H3. The Morgan fingerprint density at radius 3 is 2.14 bits per heavy atom. The number of piperazine rings is 1. The van der Waals surface area contributed by atoms with E-state index in [0.717, 1.165) is 52.4 Å². The molecule has 2 aliphatic heterocycles. The number of methoxy groups -OCH3 is 1. The van der Waals surface area contributed by atoms with Gasteiger partial charge in [0.15, 0.2) is 0 Å². The van der Waals surface area contributed by atoms with E-state index in [-0.39, 0.29) is 6.09 Å². The van der Waals surface area contributed by atoms with Crippen LogP contribution in [0, 0.1) is 0 Å². The van der Waals surface area contributed by atoms with Crippen molar-refractivity contribution in [3.63, 3.8) is 0 Å². The zero-order valence-corrected chi connectivity index (χ0v) is 13.8. The van der Waals surface area contributed by atoms with Gasteiger partial charge in [-0.05, 0) is 20.8 Å². The summed E-state index contributed by atoms with van der Waals surface area (Å²) >= 11 is 0. The lowest BCUT2D eigenvalue weighted by molar-refractivity contribution is -0.0343. The molecule has 0 aromatic heterocycles. The number of carbonyl (C=O) groups excluding carboxylic acids is 1. The Kier molecular flexibility index (Phi) is 5.46. The molecule has 6 heteroatoms. The highest BCUT2D eigenvalue weighted by Crippen LogP contribution is 2.13. The third kappa shape index (κ3) is 5.13. The minimum atomic E-state index is -0.413. The predicted molar refractivity (Wildman–Crippen MR) is 81.5 cm³/mol. The van der Waals surface area contributed by atoms with Crippen LogP contribution in [-0.4, -0.2) is 92.0 Å². The van der Waals surface area contributed by atoms with Gasteiger partial charge in [0.05, 0.1) is 6.10 Å². The van der Waals surface area contributed by atoms with Gasteiger partial charge in [0, 0.05) is 59.5 Å². The Labute approximate surface area is 128 Å². The normalized spacial score (nSPS) is 22.2. The van der Waals surface area contributed by atoms with E-state index < -0.39 is 5.60 Å². The number of hydrogen-bond donors (Lipinski definition) is 0. The van der Waals surface area contributed by atoms with E-state index >= 15 is 0 Å². The van der Waals surface area contributed by atoms with Crippen LogP contribution >= 0.6 is 0 Å². The van der Waals surface area contributed by atoms with Crippen molar-refractivity contribution in [3.8, 4) is 0 Å². The molecule has 2 fully saturated rings. The molecule has 2 rings (SSSR count). The monoisotopic (exact) mass is 299 g/mol. The number of nitrogens with zero attached hydrogens (tertiary/aromatic N) is 3. The van der Waals surface area contributed by atoms with Gasteiger partial charge in [-0.2, -0.15) is 0 Å². The van der Waals surface area contributed by atoms with Crippen LogP contribution in [0.2, 0.25) is 0 Å². The Hall–Kier alpha value is -0.850. The molecule has 0 aromatic carbocycles. The maximum absolute atomic E-state index is 12.0. The quantitative estimate of drug-likeness (QED) is 0.771. The van der Waals surface area contributed by atoms with Gasteiger partial charge in [-0.15, -0.1) is 0 Å². The molecule has 21 heavy (non-hydrogen) atoms. The van der Waals surface area contributed by atoms with Crippen LogP contribution in [0.4, 0.5) is 4.79 Å². The summed E-state index contributed by atoms with van der Waals surface area (Å²) in [4.78, 5) is 18.6. The molecule has 122 valence electrons. The first-order valence-corrected chi connectivity index (χ1v) is 7.83. The summed E-state index contributed by atoms with van der Waals surface area (Å²) in [7, 11) is 1.78. The number of likely N-dealkylation sites (tertiary alicyclic amines) is 1. The number of carbonyl (C=O) groups is 1. The summed E-state index contributed by atoms with van der Waals surface area (Å²) in [5, 5.41) is 0. The van der Waals surface area contributed by atoms with E-state index in [0.29, 0.717) is 6.10 Å². The molecule has 0 radical (unpaired) electrons. The highest BCUT2D eigenvalue weighted by atomic mass is 16.6. The van der Waals surface area contributed by atoms with E-state index in [1.54, 1.807) is 7.11 Å². The average molecular weight is 299 g/mol. The Bertz CT molecular complexity index is 343. The molecule has 2 aliphatic rings. The van der Waals surface area contributed by atoms with E-state index in [9.17, 15) is 4.79 Å². The lowest BCUT2D eigenvalue weighted by atomic mass is 10.1. The van der Waals surface area contributed by atoms with Gasteiger partial charge < -0.3 is 14.4 Å². The van der Waals surface area contributed by atoms with Crippen LogP contribution < -0.4 is 0 Å². The van der Waals surface area contributed by atoms with Crippen LogP contribution in [-0.2, 0) is 9.47 Å². The fourth-order valence-corrected chi connectivity index (χ4v) is 2.62. The maximum Gasteiger partial charge on any atom is 0.410 e. The molecule has 0 unspecified atom stereocenters. The minimum Gasteiger partial charge on any atom is -0.444 e. The number of rotatable bonds is 4. The van der Waals surface area contributed by atoms with Crippen LogP contribution in [0.5, 0.6) is 0 Å². The van der Waals surface area contributed by atoms with Gasteiger partial charge in [-0.3, -0.25) is 9.80 Å². The molecule has 0 N–H and O–H groups in total. The second kappa shape index (κ2) is 6.94. The first-order chi connectivity index (χ1) is 9.87. The van der Waals surface area contributed by atoms with E-state index in [1.165, 1.54) is 0 Å². The topological polar surface area (TPSA) is 45.2 Å². The van der Waals surface area contributed by atoms with Crippen molar-refractivity contribution in [1.82, 2.24) is 14.7 Å². The fourth-order valence-electron chi connectivity index (χ4n) is 2.62. The lowest BCUT2D eigenvalue weighted by Crippen LogP contribution is -2.55. The van der Waals surface area contributed by atoms with Crippen LogP contribution in [0.25, 0.3) is 0 Å². The largest absolute Gasteiger partial charge is 0.444 e. The number of hydrogen-bond acceptors (Lipinski definition) is 5. The molecule has 1 amide bonds. The number of ether oxygens (including phenoxy) is 2. The van der Waals surface area contributed by atoms with Crippen molar-refractivity contribution < 1.29 is 14.3 Å². The predicted octanol–water partition coefficient (Wildman–Crippen LogP) is 0.870. The maximum atomic E-state index is 12.0. The number of amides is 1. The van der Waals surface area contributed by atoms with E-state index in [2.05, 4.69) is 9.80 Å². The van der Waals surface area contributed by atoms with Gasteiger partial charge >= 0.3 is 6.09 Å². The minimum absolute atomic E-state index is 0.187. The fraction of sp³-hybridized carbons (Fsp3) is 0.933. The van der Waals surface area contributed by atoms with E-state index in [4.69, 9.17) is 9.47 Å². The smallest absolute Gasteiger partial charge is 0.410 e.